The number of aliphatic hydroxyl groups excluding tert-OH is 1. The van der Waals surface area contributed by atoms with E-state index < -0.39 is 0 Å². The molecular formula is C22H30O4. The summed E-state index contributed by atoms with van der Waals surface area (Å²) in [6.45, 7) is 6.29. The molecule has 2 aliphatic carbocycles. The summed E-state index contributed by atoms with van der Waals surface area (Å²) in [5, 5.41) is 11.0. The Balaban J connectivity index is 2.03. The number of ketones is 1. The van der Waals surface area contributed by atoms with Crippen LogP contribution in [0, 0.1) is 24.7 Å². The molecule has 0 aliphatic heterocycles. The first-order chi connectivity index (χ1) is 12.5. The molecule has 3 rings (SSSR count). The van der Waals surface area contributed by atoms with Gasteiger partial charge in [0.2, 0.25) is 0 Å². The third kappa shape index (κ3) is 2.99. The highest BCUT2D eigenvalue weighted by molar-refractivity contribution is 6.25. The number of benzene rings is 1. The average molecular weight is 358 g/mol. The van der Waals surface area contributed by atoms with Crippen molar-refractivity contribution >= 4 is 11.4 Å². The molecule has 1 N–H and O–H groups in total. The summed E-state index contributed by atoms with van der Waals surface area (Å²) in [6.07, 6.45) is 2.81. The molecule has 26 heavy (non-hydrogen) atoms. The number of hydrogen-bond acceptors (Lipinski definition) is 4. The van der Waals surface area contributed by atoms with E-state index >= 15 is 0 Å². The van der Waals surface area contributed by atoms with Crippen LogP contribution in [0.1, 0.15) is 48.9 Å². The standard InChI is InChI=1S/C22H30O4/c1-6-13-8-12(3)9-14(7-2)18(13)19-20(23)16-10-15(22(25-4)26-5)11-17(16)21(19)24/h8-9,15-17,22-23H,6-7,10-11H2,1-5H3. The van der Waals surface area contributed by atoms with Gasteiger partial charge in [-0.15, -0.1) is 0 Å². The van der Waals surface area contributed by atoms with Crippen LogP contribution in [0.15, 0.2) is 17.9 Å². The molecule has 1 aromatic rings. The number of methoxy groups -OCH3 is 2. The van der Waals surface area contributed by atoms with E-state index in [0.717, 1.165) is 36.0 Å². The van der Waals surface area contributed by atoms with Crippen LogP contribution >= 0.6 is 0 Å². The van der Waals surface area contributed by atoms with E-state index in [-0.39, 0.29) is 35.6 Å². The molecule has 2 aliphatic rings. The molecule has 0 radical (unpaired) electrons. The Kier molecular flexibility index (Phi) is 5.54. The van der Waals surface area contributed by atoms with Gasteiger partial charge < -0.3 is 14.6 Å². The highest BCUT2D eigenvalue weighted by atomic mass is 16.7. The van der Waals surface area contributed by atoms with Gasteiger partial charge in [0.1, 0.15) is 5.76 Å². The fraction of sp³-hybridized carbons (Fsp3) is 0.591. The van der Waals surface area contributed by atoms with Gasteiger partial charge in [0, 0.05) is 32.0 Å². The second-order valence-electron chi connectivity index (χ2n) is 7.57. The number of hydrogen-bond donors (Lipinski definition) is 1. The van der Waals surface area contributed by atoms with E-state index in [1.54, 1.807) is 14.2 Å². The molecule has 0 bridgehead atoms. The van der Waals surface area contributed by atoms with Crippen LogP contribution in [0.25, 0.3) is 5.57 Å². The van der Waals surface area contributed by atoms with E-state index in [4.69, 9.17) is 9.47 Å². The summed E-state index contributed by atoms with van der Waals surface area (Å²) in [7, 11) is 3.25. The van der Waals surface area contributed by atoms with Gasteiger partial charge in [-0.2, -0.15) is 0 Å². The fourth-order valence-electron chi connectivity index (χ4n) is 4.94. The first kappa shape index (κ1) is 19.1. The second kappa shape index (κ2) is 7.53. The minimum Gasteiger partial charge on any atom is -0.511 e. The Labute approximate surface area is 156 Å². The number of rotatable bonds is 6. The lowest BCUT2D eigenvalue weighted by molar-refractivity contribution is -0.137. The van der Waals surface area contributed by atoms with Gasteiger partial charge in [0.15, 0.2) is 12.1 Å². The number of aryl methyl sites for hydroxylation is 3. The van der Waals surface area contributed by atoms with Gasteiger partial charge in [0.05, 0.1) is 5.57 Å². The maximum Gasteiger partial charge on any atom is 0.170 e. The normalized spacial score (nSPS) is 25.5. The summed E-state index contributed by atoms with van der Waals surface area (Å²) in [6, 6.07) is 4.29. The number of Topliss-reactive ketones (excluding diaryl/α,β-unsaturated/α-hetero) is 1. The molecule has 3 atom stereocenters. The maximum atomic E-state index is 13.3. The van der Waals surface area contributed by atoms with Crippen molar-refractivity contribution in [3.05, 3.63) is 40.1 Å². The molecule has 0 saturated heterocycles. The van der Waals surface area contributed by atoms with Crippen LogP contribution in [0.3, 0.4) is 0 Å². The Hall–Kier alpha value is -1.65. The summed E-state index contributed by atoms with van der Waals surface area (Å²) in [4.78, 5) is 13.3. The van der Waals surface area contributed by atoms with Crippen molar-refractivity contribution in [3.63, 3.8) is 0 Å². The summed E-state index contributed by atoms with van der Waals surface area (Å²) in [5.74, 6) is 0.252. The monoisotopic (exact) mass is 358 g/mol. The first-order valence-corrected chi connectivity index (χ1v) is 9.62. The molecule has 4 heteroatoms. The molecule has 1 aromatic carbocycles. The third-order valence-corrected chi connectivity index (χ3v) is 6.10. The van der Waals surface area contributed by atoms with Gasteiger partial charge in [-0.3, -0.25) is 4.79 Å². The van der Waals surface area contributed by atoms with Crippen molar-refractivity contribution < 1.29 is 19.4 Å². The zero-order valence-electron chi connectivity index (χ0n) is 16.5. The Morgan fingerprint density at radius 1 is 1.08 bits per heavy atom. The van der Waals surface area contributed by atoms with Crippen LogP contribution in [-0.4, -0.2) is 31.4 Å². The van der Waals surface area contributed by atoms with Crippen LogP contribution in [-0.2, 0) is 27.1 Å². The number of fused-ring (bicyclic) bond motifs is 1. The van der Waals surface area contributed by atoms with Crippen molar-refractivity contribution in [3.8, 4) is 0 Å². The lowest BCUT2D eigenvalue weighted by atomic mass is 9.87. The topological polar surface area (TPSA) is 55.8 Å². The molecule has 4 nitrogen and oxygen atoms in total. The largest absolute Gasteiger partial charge is 0.511 e. The van der Waals surface area contributed by atoms with Gasteiger partial charge in [-0.25, -0.2) is 0 Å². The molecule has 0 spiro atoms. The van der Waals surface area contributed by atoms with Crippen LogP contribution < -0.4 is 0 Å². The molecular weight excluding hydrogens is 328 g/mol. The molecule has 0 amide bonds. The van der Waals surface area contributed by atoms with Gasteiger partial charge in [-0.1, -0.05) is 31.5 Å². The van der Waals surface area contributed by atoms with Crippen molar-refractivity contribution in [1.82, 2.24) is 0 Å². The Morgan fingerprint density at radius 2 is 1.62 bits per heavy atom. The van der Waals surface area contributed by atoms with E-state index in [9.17, 15) is 9.90 Å². The SMILES string of the molecule is CCc1cc(C)cc(CC)c1C1=C(O)C2CC(C(OC)OC)CC2C1=O. The number of ether oxygens (including phenoxy) is 2. The van der Waals surface area contributed by atoms with E-state index in [1.807, 2.05) is 0 Å². The second-order valence-corrected chi connectivity index (χ2v) is 7.57. The smallest absolute Gasteiger partial charge is 0.170 e. The van der Waals surface area contributed by atoms with Crippen molar-refractivity contribution in [2.24, 2.45) is 17.8 Å². The van der Waals surface area contributed by atoms with Crippen molar-refractivity contribution in [2.75, 3.05) is 14.2 Å². The lowest BCUT2D eigenvalue weighted by Gasteiger charge is -2.21. The van der Waals surface area contributed by atoms with Crippen molar-refractivity contribution in [1.29, 1.82) is 0 Å². The van der Waals surface area contributed by atoms with Crippen LogP contribution in [0.5, 0.6) is 0 Å². The molecule has 142 valence electrons. The molecule has 3 unspecified atom stereocenters. The van der Waals surface area contributed by atoms with Crippen LogP contribution in [0.4, 0.5) is 0 Å². The predicted molar refractivity (Wildman–Crippen MR) is 102 cm³/mol. The first-order valence-electron chi connectivity index (χ1n) is 9.62. The maximum absolute atomic E-state index is 13.3. The molecule has 0 heterocycles. The van der Waals surface area contributed by atoms with Gasteiger partial charge in [-0.05, 0) is 49.3 Å². The number of carbonyl (C=O) groups excluding carboxylic acids is 1. The summed E-state index contributed by atoms with van der Waals surface area (Å²) < 4.78 is 10.8. The van der Waals surface area contributed by atoms with Crippen LogP contribution in [0.2, 0.25) is 0 Å². The summed E-state index contributed by atoms with van der Waals surface area (Å²) >= 11 is 0. The minimum absolute atomic E-state index is 0.0919. The zero-order valence-corrected chi connectivity index (χ0v) is 16.5. The average Bonchev–Trinajstić information content (AvgIpc) is 3.16. The number of allylic oxidation sites excluding steroid dienone is 2. The predicted octanol–water partition coefficient (Wildman–Crippen LogP) is 4.23. The van der Waals surface area contributed by atoms with E-state index in [2.05, 4.69) is 32.9 Å². The Bertz CT molecular complexity index is 705. The molecule has 1 fully saturated rings. The van der Waals surface area contributed by atoms with E-state index in [1.165, 1.54) is 5.56 Å². The van der Waals surface area contributed by atoms with Crippen molar-refractivity contribution in [2.45, 2.75) is 52.7 Å². The van der Waals surface area contributed by atoms with E-state index in [0.29, 0.717) is 12.0 Å². The number of aliphatic hydroxyl groups is 1. The minimum atomic E-state index is -0.318. The highest BCUT2D eigenvalue weighted by Crippen LogP contribution is 2.51. The fourth-order valence-corrected chi connectivity index (χ4v) is 4.94. The zero-order chi connectivity index (χ0) is 19.0. The number of carbonyl (C=O) groups is 1. The highest BCUT2D eigenvalue weighted by Gasteiger charge is 2.50. The lowest BCUT2D eigenvalue weighted by Crippen LogP contribution is -2.24. The van der Waals surface area contributed by atoms with Gasteiger partial charge >= 0.3 is 0 Å². The molecule has 1 saturated carbocycles. The molecule has 0 aromatic heterocycles. The quantitative estimate of drug-likeness (QED) is 0.773. The Morgan fingerprint density at radius 3 is 2.08 bits per heavy atom. The summed E-state index contributed by atoms with van der Waals surface area (Å²) in [5.41, 5.74) is 5.05. The van der Waals surface area contributed by atoms with Gasteiger partial charge in [0.25, 0.3) is 0 Å². The third-order valence-electron chi connectivity index (χ3n) is 6.10.